The number of hydrogen-bond acceptors (Lipinski definition) is 3. The summed E-state index contributed by atoms with van der Waals surface area (Å²) in [4.78, 5) is 11.7. The molecule has 3 rings (SSSR count). The van der Waals surface area contributed by atoms with E-state index in [0.29, 0.717) is 12.8 Å². The molecule has 4 unspecified atom stereocenters. The number of carbonyl (C=O) groups is 1. The van der Waals surface area contributed by atoms with E-state index >= 15 is 0 Å². The van der Waals surface area contributed by atoms with Crippen molar-refractivity contribution in [1.29, 1.82) is 0 Å². The average molecular weight is 240 g/mol. The highest BCUT2D eigenvalue weighted by atomic mass is 16.5. The van der Waals surface area contributed by atoms with Gasteiger partial charge in [0.25, 0.3) is 0 Å². The number of rotatable bonds is 3. The molecular weight excluding hydrogens is 220 g/mol. The Morgan fingerprint density at radius 2 is 2.18 bits per heavy atom. The second-order valence-electron chi connectivity index (χ2n) is 5.68. The molecule has 0 aliphatic carbocycles. The Bertz CT molecular complexity index is 311. The predicted molar refractivity (Wildman–Crippen MR) is 60.8 cm³/mol. The Balaban J connectivity index is 1.74. The number of carboxylic acid groups (broad SMARTS) is 1. The zero-order valence-corrected chi connectivity index (χ0v) is 10.1. The van der Waals surface area contributed by atoms with Gasteiger partial charge in [-0.2, -0.15) is 0 Å². The van der Waals surface area contributed by atoms with E-state index in [1.54, 1.807) is 0 Å². The van der Waals surface area contributed by atoms with Gasteiger partial charge in [0.05, 0.1) is 23.7 Å². The molecule has 96 valence electrons. The van der Waals surface area contributed by atoms with Gasteiger partial charge in [0.15, 0.2) is 0 Å². The van der Waals surface area contributed by atoms with Gasteiger partial charge < -0.3 is 14.6 Å². The van der Waals surface area contributed by atoms with Gasteiger partial charge in [-0.3, -0.25) is 4.79 Å². The van der Waals surface area contributed by atoms with Gasteiger partial charge in [0.1, 0.15) is 0 Å². The molecule has 0 aromatic heterocycles. The molecule has 4 atom stereocenters. The number of aliphatic carboxylic acids is 1. The third kappa shape index (κ3) is 1.87. The molecule has 0 aromatic carbocycles. The van der Waals surface area contributed by atoms with Crippen molar-refractivity contribution in [1.82, 2.24) is 0 Å². The van der Waals surface area contributed by atoms with Crippen molar-refractivity contribution >= 4 is 5.97 Å². The van der Waals surface area contributed by atoms with Crippen molar-refractivity contribution in [2.24, 2.45) is 5.41 Å². The summed E-state index contributed by atoms with van der Waals surface area (Å²) in [7, 11) is 0. The zero-order chi connectivity index (χ0) is 11.9. The average Bonchev–Trinajstić information content (AvgIpc) is 2.91. The van der Waals surface area contributed by atoms with Crippen molar-refractivity contribution in [3.05, 3.63) is 0 Å². The lowest BCUT2D eigenvalue weighted by molar-refractivity contribution is -0.156. The molecular formula is C13H20O4. The van der Waals surface area contributed by atoms with Gasteiger partial charge in [0.2, 0.25) is 0 Å². The summed E-state index contributed by atoms with van der Waals surface area (Å²) in [6.45, 7) is 0.787. The van der Waals surface area contributed by atoms with Crippen molar-refractivity contribution in [2.75, 3.05) is 6.61 Å². The molecule has 17 heavy (non-hydrogen) atoms. The molecule has 0 amide bonds. The topological polar surface area (TPSA) is 55.8 Å². The second kappa shape index (κ2) is 4.25. The molecule has 0 spiro atoms. The summed E-state index contributed by atoms with van der Waals surface area (Å²) < 4.78 is 11.5. The molecule has 3 aliphatic heterocycles. The van der Waals surface area contributed by atoms with Gasteiger partial charge in [-0.1, -0.05) is 0 Å². The van der Waals surface area contributed by atoms with E-state index in [2.05, 4.69) is 0 Å². The van der Waals surface area contributed by atoms with E-state index in [1.165, 1.54) is 0 Å². The summed E-state index contributed by atoms with van der Waals surface area (Å²) in [6.07, 6.45) is 6.78. The lowest BCUT2D eigenvalue weighted by Gasteiger charge is -2.35. The van der Waals surface area contributed by atoms with Crippen LogP contribution in [0, 0.1) is 5.41 Å². The standard InChI is InChI=1S/C13H20O4/c14-12(15)13(7-9-3-1-2-6-16-9)8-10-4-5-11(13)17-10/h9-11H,1-8H2,(H,14,15). The molecule has 3 heterocycles. The predicted octanol–water partition coefficient (Wildman–Crippen LogP) is 1.97. The van der Waals surface area contributed by atoms with Crippen LogP contribution in [0.3, 0.4) is 0 Å². The summed E-state index contributed by atoms with van der Waals surface area (Å²) in [5.74, 6) is -0.682. The minimum atomic E-state index is -0.682. The van der Waals surface area contributed by atoms with Gasteiger partial charge in [0, 0.05) is 6.61 Å². The van der Waals surface area contributed by atoms with Crippen molar-refractivity contribution in [2.45, 2.75) is 63.3 Å². The fourth-order valence-electron chi connectivity index (χ4n) is 3.70. The molecule has 3 saturated heterocycles. The number of hydrogen-bond donors (Lipinski definition) is 1. The normalized spacial score (nSPS) is 45.1. The first-order valence-electron chi connectivity index (χ1n) is 6.71. The van der Waals surface area contributed by atoms with Crippen molar-refractivity contribution in [3.8, 4) is 0 Å². The minimum Gasteiger partial charge on any atom is -0.481 e. The smallest absolute Gasteiger partial charge is 0.312 e. The summed E-state index contributed by atoms with van der Waals surface area (Å²) >= 11 is 0. The molecule has 3 aliphatic rings. The second-order valence-corrected chi connectivity index (χ2v) is 5.68. The monoisotopic (exact) mass is 240 g/mol. The molecule has 2 bridgehead atoms. The van der Waals surface area contributed by atoms with Gasteiger partial charge >= 0.3 is 5.97 Å². The highest BCUT2D eigenvalue weighted by molar-refractivity contribution is 5.76. The lowest BCUT2D eigenvalue weighted by Crippen LogP contribution is -2.44. The van der Waals surface area contributed by atoms with E-state index in [-0.39, 0.29) is 18.3 Å². The van der Waals surface area contributed by atoms with Crippen LogP contribution in [0.15, 0.2) is 0 Å². The number of ether oxygens (including phenoxy) is 2. The maximum absolute atomic E-state index is 11.7. The van der Waals surface area contributed by atoms with Crippen molar-refractivity contribution in [3.63, 3.8) is 0 Å². The molecule has 3 fully saturated rings. The SMILES string of the molecule is O=C(O)C1(CC2CCCCO2)CC2CCC1O2. The first-order valence-corrected chi connectivity index (χ1v) is 6.71. The van der Waals surface area contributed by atoms with Gasteiger partial charge in [-0.05, 0) is 44.9 Å². The Kier molecular flexibility index (Phi) is 2.87. The molecule has 1 N–H and O–H groups in total. The fraction of sp³-hybridized carbons (Fsp3) is 0.923. The summed E-state index contributed by atoms with van der Waals surface area (Å²) in [5, 5.41) is 9.58. The van der Waals surface area contributed by atoms with Crippen LogP contribution in [0.1, 0.15) is 44.9 Å². The highest BCUT2D eigenvalue weighted by Gasteiger charge is 2.58. The first kappa shape index (κ1) is 11.5. The van der Waals surface area contributed by atoms with Crippen LogP contribution in [0.5, 0.6) is 0 Å². The maximum atomic E-state index is 11.7. The summed E-state index contributed by atoms with van der Waals surface area (Å²) in [5.41, 5.74) is -0.662. The zero-order valence-electron chi connectivity index (χ0n) is 10.1. The molecule has 0 aromatic rings. The van der Waals surface area contributed by atoms with Crippen LogP contribution in [0.25, 0.3) is 0 Å². The van der Waals surface area contributed by atoms with Crippen LogP contribution in [0.2, 0.25) is 0 Å². The minimum absolute atomic E-state index is 0.0736. The fourth-order valence-corrected chi connectivity index (χ4v) is 3.70. The summed E-state index contributed by atoms with van der Waals surface area (Å²) in [6, 6.07) is 0. The third-order valence-electron chi connectivity index (χ3n) is 4.61. The van der Waals surface area contributed by atoms with E-state index < -0.39 is 11.4 Å². The Hall–Kier alpha value is -0.610. The third-order valence-corrected chi connectivity index (χ3v) is 4.61. The van der Waals surface area contributed by atoms with Crippen LogP contribution in [-0.4, -0.2) is 36.0 Å². The van der Waals surface area contributed by atoms with E-state index in [0.717, 1.165) is 38.7 Å². The van der Waals surface area contributed by atoms with Crippen LogP contribution in [0.4, 0.5) is 0 Å². The van der Waals surface area contributed by atoms with Gasteiger partial charge in [-0.25, -0.2) is 0 Å². The largest absolute Gasteiger partial charge is 0.481 e. The Morgan fingerprint density at radius 1 is 1.29 bits per heavy atom. The van der Waals surface area contributed by atoms with E-state index in [9.17, 15) is 9.90 Å². The number of carboxylic acids is 1. The van der Waals surface area contributed by atoms with E-state index in [1.807, 2.05) is 0 Å². The first-order chi connectivity index (χ1) is 8.21. The van der Waals surface area contributed by atoms with E-state index in [4.69, 9.17) is 9.47 Å². The van der Waals surface area contributed by atoms with Crippen LogP contribution in [-0.2, 0) is 14.3 Å². The number of fused-ring (bicyclic) bond motifs is 2. The lowest BCUT2D eigenvalue weighted by atomic mass is 9.70. The van der Waals surface area contributed by atoms with Crippen LogP contribution < -0.4 is 0 Å². The Morgan fingerprint density at radius 3 is 2.71 bits per heavy atom. The van der Waals surface area contributed by atoms with Gasteiger partial charge in [-0.15, -0.1) is 0 Å². The molecule has 4 nitrogen and oxygen atoms in total. The molecule has 4 heteroatoms. The maximum Gasteiger partial charge on any atom is 0.312 e. The van der Waals surface area contributed by atoms with Crippen LogP contribution >= 0.6 is 0 Å². The molecule has 0 radical (unpaired) electrons. The molecule has 0 saturated carbocycles. The Labute approximate surface area is 101 Å². The van der Waals surface area contributed by atoms with Crippen molar-refractivity contribution < 1.29 is 19.4 Å². The quantitative estimate of drug-likeness (QED) is 0.819. The highest BCUT2D eigenvalue weighted by Crippen LogP contribution is 2.51.